The Labute approximate surface area is 163 Å². The van der Waals surface area contributed by atoms with Crippen LogP contribution in [0.4, 0.5) is 10.6 Å². The Morgan fingerprint density at radius 2 is 2.00 bits per heavy atom. The number of nitrogens with zero attached hydrogens (tertiary/aromatic N) is 3. The molecule has 1 saturated heterocycles. The fourth-order valence-corrected chi connectivity index (χ4v) is 3.50. The van der Waals surface area contributed by atoms with E-state index in [0.29, 0.717) is 31.2 Å². The number of piperazine rings is 1. The highest BCUT2D eigenvalue weighted by molar-refractivity contribution is 6.32. The minimum atomic E-state index is -0.0294. The first-order chi connectivity index (χ1) is 12.5. The number of benzene rings is 1. The lowest BCUT2D eigenvalue weighted by Crippen LogP contribution is -2.57. The fraction of sp³-hybridized carbons (Fsp3) is 0.368. The molecular formula is C19H22Cl2N4O. The van der Waals surface area contributed by atoms with Gasteiger partial charge in [0.1, 0.15) is 5.82 Å². The van der Waals surface area contributed by atoms with E-state index in [4.69, 9.17) is 23.2 Å². The summed E-state index contributed by atoms with van der Waals surface area (Å²) in [4.78, 5) is 20.9. The molecule has 7 heteroatoms. The number of rotatable bonds is 4. The van der Waals surface area contributed by atoms with Crippen LogP contribution in [0.15, 0.2) is 42.6 Å². The number of hydrogen-bond acceptors (Lipinski definition) is 3. The summed E-state index contributed by atoms with van der Waals surface area (Å²) >= 11 is 12.1. The van der Waals surface area contributed by atoms with Gasteiger partial charge in [-0.2, -0.15) is 0 Å². The van der Waals surface area contributed by atoms with Crippen LogP contribution in [0.1, 0.15) is 12.5 Å². The standard InChI is InChI=1S/C19H22Cl2N4O/c1-14-13-24(18-17(21)3-2-9-22-18)11-12-25(14)19(26)23-10-8-15-4-6-16(20)7-5-15/h2-7,9,14H,8,10-13H2,1H3,(H,23,26). The number of urea groups is 1. The molecule has 1 N–H and O–H groups in total. The third kappa shape index (κ3) is 4.59. The molecule has 0 radical (unpaired) electrons. The number of halogens is 2. The van der Waals surface area contributed by atoms with Crippen LogP contribution in [-0.2, 0) is 6.42 Å². The zero-order valence-electron chi connectivity index (χ0n) is 14.7. The van der Waals surface area contributed by atoms with Crippen molar-refractivity contribution in [2.24, 2.45) is 0 Å². The van der Waals surface area contributed by atoms with Crippen LogP contribution in [0.3, 0.4) is 0 Å². The van der Waals surface area contributed by atoms with Gasteiger partial charge in [-0.05, 0) is 43.2 Å². The number of pyridine rings is 1. The molecule has 1 aromatic carbocycles. The molecule has 3 rings (SSSR count). The first-order valence-electron chi connectivity index (χ1n) is 8.69. The molecule has 0 saturated carbocycles. The molecule has 1 aliphatic rings. The van der Waals surface area contributed by atoms with Gasteiger partial charge in [0.25, 0.3) is 0 Å². The summed E-state index contributed by atoms with van der Waals surface area (Å²) in [7, 11) is 0. The molecule has 1 atom stereocenters. The SMILES string of the molecule is CC1CN(c2ncccc2Cl)CCN1C(=O)NCCc1ccc(Cl)cc1. The van der Waals surface area contributed by atoms with Crippen LogP contribution in [0.2, 0.25) is 10.0 Å². The van der Waals surface area contributed by atoms with Crippen LogP contribution in [0, 0.1) is 0 Å². The Hall–Kier alpha value is -1.98. The highest BCUT2D eigenvalue weighted by Crippen LogP contribution is 2.24. The molecule has 138 valence electrons. The van der Waals surface area contributed by atoms with Crippen LogP contribution in [0.25, 0.3) is 0 Å². The number of nitrogens with one attached hydrogen (secondary N) is 1. The Bertz CT molecular complexity index is 753. The molecule has 5 nitrogen and oxygen atoms in total. The van der Waals surface area contributed by atoms with Gasteiger partial charge in [0.15, 0.2) is 0 Å². The van der Waals surface area contributed by atoms with Crippen molar-refractivity contribution in [3.05, 3.63) is 58.2 Å². The summed E-state index contributed by atoms with van der Waals surface area (Å²) in [5.74, 6) is 0.781. The Morgan fingerprint density at radius 1 is 1.23 bits per heavy atom. The van der Waals surface area contributed by atoms with E-state index in [0.717, 1.165) is 22.8 Å². The monoisotopic (exact) mass is 392 g/mol. The van der Waals surface area contributed by atoms with E-state index >= 15 is 0 Å². The van der Waals surface area contributed by atoms with Crippen LogP contribution < -0.4 is 10.2 Å². The zero-order chi connectivity index (χ0) is 18.5. The average molecular weight is 393 g/mol. The lowest BCUT2D eigenvalue weighted by molar-refractivity contribution is 0.171. The molecule has 0 bridgehead atoms. The van der Waals surface area contributed by atoms with Gasteiger partial charge in [-0.1, -0.05) is 35.3 Å². The molecule has 1 unspecified atom stereocenters. The van der Waals surface area contributed by atoms with Crippen molar-refractivity contribution in [3.63, 3.8) is 0 Å². The number of carbonyl (C=O) groups excluding carboxylic acids is 1. The molecule has 2 aromatic rings. The molecule has 1 aromatic heterocycles. The van der Waals surface area contributed by atoms with E-state index in [-0.39, 0.29) is 12.1 Å². The normalized spacial score (nSPS) is 17.3. The van der Waals surface area contributed by atoms with E-state index in [1.54, 1.807) is 6.20 Å². The van der Waals surface area contributed by atoms with E-state index in [9.17, 15) is 4.79 Å². The quantitative estimate of drug-likeness (QED) is 0.859. The second-order valence-corrected chi connectivity index (χ2v) is 7.25. The number of hydrogen-bond donors (Lipinski definition) is 1. The van der Waals surface area contributed by atoms with E-state index in [1.807, 2.05) is 48.2 Å². The van der Waals surface area contributed by atoms with Crippen molar-refractivity contribution in [2.75, 3.05) is 31.1 Å². The highest BCUT2D eigenvalue weighted by atomic mass is 35.5. The zero-order valence-corrected chi connectivity index (χ0v) is 16.2. The van der Waals surface area contributed by atoms with Crippen LogP contribution in [-0.4, -0.2) is 48.1 Å². The highest BCUT2D eigenvalue weighted by Gasteiger charge is 2.28. The van der Waals surface area contributed by atoms with Gasteiger partial charge in [-0.25, -0.2) is 9.78 Å². The summed E-state index contributed by atoms with van der Waals surface area (Å²) in [5.41, 5.74) is 1.15. The van der Waals surface area contributed by atoms with Gasteiger partial charge in [0.2, 0.25) is 0 Å². The smallest absolute Gasteiger partial charge is 0.317 e. The minimum absolute atomic E-state index is 0.0294. The van der Waals surface area contributed by atoms with Crippen molar-refractivity contribution >= 4 is 35.1 Å². The van der Waals surface area contributed by atoms with Gasteiger partial charge < -0.3 is 15.1 Å². The molecule has 2 amide bonds. The third-order valence-corrected chi connectivity index (χ3v) is 5.08. The summed E-state index contributed by atoms with van der Waals surface area (Å²) in [6.45, 7) is 4.70. The molecular weight excluding hydrogens is 371 g/mol. The Kier molecular flexibility index (Phi) is 6.22. The molecule has 2 heterocycles. The predicted octanol–water partition coefficient (Wildman–Crippen LogP) is 3.85. The van der Waals surface area contributed by atoms with Crippen molar-refractivity contribution in [2.45, 2.75) is 19.4 Å². The van der Waals surface area contributed by atoms with Gasteiger partial charge >= 0.3 is 6.03 Å². The third-order valence-electron chi connectivity index (χ3n) is 4.53. The van der Waals surface area contributed by atoms with Crippen molar-refractivity contribution in [1.29, 1.82) is 0 Å². The van der Waals surface area contributed by atoms with E-state index in [1.165, 1.54) is 0 Å². The van der Waals surface area contributed by atoms with E-state index in [2.05, 4.69) is 15.2 Å². The Balaban J connectivity index is 1.50. The lowest BCUT2D eigenvalue weighted by atomic mass is 10.1. The lowest BCUT2D eigenvalue weighted by Gasteiger charge is -2.40. The summed E-state index contributed by atoms with van der Waals surface area (Å²) in [6.07, 6.45) is 2.52. The maximum atomic E-state index is 12.5. The first kappa shape index (κ1) is 18.8. The van der Waals surface area contributed by atoms with Crippen molar-refractivity contribution < 1.29 is 4.79 Å². The summed E-state index contributed by atoms with van der Waals surface area (Å²) in [6, 6.07) is 11.4. The maximum Gasteiger partial charge on any atom is 0.317 e. The number of anilines is 1. The van der Waals surface area contributed by atoms with Gasteiger partial charge in [-0.15, -0.1) is 0 Å². The van der Waals surface area contributed by atoms with Gasteiger partial charge in [0, 0.05) is 43.4 Å². The number of amides is 2. The van der Waals surface area contributed by atoms with Crippen molar-refractivity contribution in [1.82, 2.24) is 15.2 Å². The molecule has 26 heavy (non-hydrogen) atoms. The van der Waals surface area contributed by atoms with Crippen LogP contribution >= 0.6 is 23.2 Å². The van der Waals surface area contributed by atoms with Gasteiger partial charge in [0.05, 0.1) is 5.02 Å². The summed E-state index contributed by atoms with van der Waals surface area (Å²) in [5, 5.41) is 4.36. The fourth-order valence-electron chi connectivity index (χ4n) is 3.13. The average Bonchev–Trinajstić information content (AvgIpc) is 2.63. The van der Waals surface area contributed by atoms with Gasteiger partial charge in [-0.3, -0.25) is 0 Å². The Morgan fingerprint density at radius 3 is 2.69 bits per heavy atom. The largest absolute Gasteiger partial charge is 0.352 e. The molecule has 1 aliphatic heterocycles. The second-order valence-electron chi connectivity index (χ2n) is 6.41. The first-order valence-corrected chi connectivity index (χ1v) is 9.44. The maximum absolute atomic E-state index is 12.5. The van der Waals surface area contributed by atoms with E-state index < -0.39 is 0 Å². The second kappa shape index (κ2) is 8.60. The molecule has 1 fully saturated rings. The van der Waals surface area contributed by atoms with Crippen LogP contribution in [0.5, 0.6) is 0 Å². The predicted molar refractivity (Wildman–Crippen MR) is 106 cm³/mol. The van der Waals surface area contributed by atoms with Crippen molar-refractivity contribution in [3.8, 4) is 0 Å². The molecule has 0 spiro atoms. The number of aromatic nitrogens is 1. The molecule has 0 aliphatic carbocycles. The number of carbonyl (C=O) groups is 1. The minimum Gasteiger partial charge on any atom is -0.352 e. The topological polar surface area (TPSA) is 48.5 Å². The summed E-state index contributed by atoms with van der Waals surface area (Å²) < 4.78 is 0.